The first-order valence-corrected chi connectivity index (χ1v) is 7.99. The predicted octanol–water partition coefficient (Wildman–Crippen LogP) is 2.79. The zero-order valence-electron chi connectivity index (χ0n) is 11.2. The third kappa shape index (κ3) is 3.50. The van der Waals surface area contributed by atoms with Gasteiger partial charge in [-0.05, 0) is 37.5 Å². The third-order valence-electron chi connectivity index (χ3n) is 3.97. The number of piperazine rings is 1. The van der Waals surface area contributed by atoms with Crippen molar-refractivity contribution in [3.8, 4) is 5.75 Å². The second-order valence-electron chi connectivity index (χ2n) is 5.45. The van der Waals surface area contributed by atoms with Gasteiger partial charge in [0.15, 0.2) is 0 Å². The maximum atomic E-state index is 6.11. The van der Waals surface area contributed by atoms with Crippen molar-refractivity contribution < 1.29 is 4.74 Å². The van der Waals surface area contributed by atoms with Crippen molar-refractivity contribution in [1.82, 2.24) is 10.2 Å². The van der Waals surface area contributed by atoms with Gasteiger partial charge in [0.1, 0.15) is 5.75 Å². The molecule has 2 aliphatic rings. The molecule has 0 bridgehead atoms. The quantitative estimate of drug-likeness (QED) is 0.921. The molecule has 1 aromatic rings. The molecule has 0 radical (unpaired) electrons. The molecule has 19 heavy (non-hydrogen) atoms. The number of hydrogen-bond acceptors (Lipinski definition) is 3. The summed E-state index contributed by atoms with van der Waals surface area (Å²) in [6.45, 7) is 5.41. The molecule has 1 aliphatic carbocycles. The van der Waals surface area contributed by atoms with Crippen molar-refractivity contribution in [2.24, 2.45) is 0 Å². The summed E-state index contributed by atoms with van der Waals surface area (Å²) in [7, 11) is 0. The minimum atomic E-state index is 0.447. The Morgan fingerprint density at radius 2 is 2.05 bits per heavy atom. The summed E-state index contributed by atoms with van der Waals surface area (Å²) in [5.74, 6) is 1.08. The highest BCUT2D eigenvalue weighted by Crippen LogP contribution is 2.30. The standard InChI is InChI=1S/C15H21BrN2O/c16-13-4-5-15(19-14-2-1-3-14)12(10-13)11-18-8-6-17-7-9-18/h4-5,10,14,17H,1-3,6-9,11H2. The minimum Gasteiger partial charge on any atom is -0.490 e. The fourth-order valence-electron chi connectivity index (χ4n) is 2.56. The first kappa shape index (κ1) is 13.4. The van der Waals surface area contributed by atoms with Gasteiger partial charge in [-0.1, -0.05) is 15.9 Å². The highest BCUT2D eigenvalue weighted by molar-refractivity contribution is 9.10. The number of nitrogens with zero attached hydrogens (tertiary/aromatic N) is 1. The van der Waals surface area contributed by atoms with Crippen molar-refractivity contribution in [1.29, 1.82) is 0 Å². The van der Waals surface area contributed by atoms with Crippen molar-refractivity contribution in [3.63, 3.8) is 0 Å². The van der Waals surface area contributed by atoms with E-state index in [1.807, 2.05) is 0 Å². The van der Waals surface area contributed by atoms with Crippen LogP contribution in [0.3, 0.4) is 0 Å². The van der Waals surface area contributed by atoms with Crippen LogP contribution in [-0.2, 0) is 6.54 Å². The van der Waals surface area contributed by atoms with E-state index in [4.69, 9.17) is 4.74 Å². The average molecular weight is 325 g/mol. The average Bonchev–Trinajstić information content (AvgIpc) is 2.37. The molecule has 3 nitrogen and oxygen atoms in total. The summed E-state index contributed by atoms with van der Waals surface area (Å²) in [4.78, 5) is 2.49. The van der Waals surface area contributed by atoms with E-state index in [9.17, 15) is 0 Å². The van der Waals surface area contributed by atoms with Crippen molar-refractivity contribution in [2.75, 3.05) is 26.2 Å². The molecule has 2 fully saturated rings. The molecule has 1 aliphatic heterocycles. The predicted molar refractivity (Wildman–Crippen MR) is 80.6 cm³/mol. The molecule has 1 saturated carbocycles. The number of halogens is 1. The number of ether oxygens (including phenoxy) is 1. The lowest BCUT2D eigenvalue weighted by Crippen LogP contribution is -2.43. The molecule has 0 unspecified atom stereocenters. The summed E-state index contributed by atoms with van der Waals surface area (Å²) in [5, 5.41) is 3.39. The number of benzene rings is 1. The first-order valence-electron chi connectivity index (χ1n) is 7.19. The van der Waals surface area contributed by atoms with Crippen LogP contribution < -0.4 is 10.1 Å². The Kier molecular flexibility index (Phi) is 4.41. The van der Waals surface area contributed by atoms with Gasteiger partial charge in [-0.3, -0.25) is 4.90 Å². The fourth-order valence-corrected chi connectivity index (χ4v) is 2.97. The van der Waals surface area contributed by atoms with Crippen LogP contribution in [0.25, 0.3) is 0 Å². The van der Waals surface area contributed by atoms with Gasteiger partial charge in [0.25, 0.3) is 0 Å². The van der Waals surface area contributed by atoms with Crippen LogP contribution in [0.2, 0.25) is 0 Å². The van der Waals surface area contributed by atoms with E-state index in [0.29, 0.717) is 6.10 Å². The van der Waals surface area contributed by atoms with Gasteiger partial charge < -0.3 is 10.1 Å². The van der Waals surface area contributed by atoms with E-state index < -0.39 is 0 Å². The molecule has 1 heterocycles. The lowest BCUT2D eigenvalue weighted by molar-refractivity contribution is 0.117. The highest BCUT2D eigenvalue weighted by Gasteiger charge is 2.21. The molecule has 4 heteroatoms. The number of rotatable bonds is 4. The van der Waals surface area contributed by atoms with Gasteiger partial charge in [-0.2, -0.15) is 0 Å². The van der Waals surface area contributed by atoms with E-state index in [2.05, 4.69) is 44.3 Å². The van der Waals surface area contributed by atoms with Gasteiger partial charge in [0.2, 0.25) is 0 Å². The van der Waals surface area contributed by atoms with E-state index >= 15 is 0 Å². The Bertz CT molecular complexity index is 428. The largest absolute Gasteiger partial charge is 0.490 e. The summed E-state index contributed by atoms with van der Waals surface area (Å²) >= 11 is 3.57. The molecule has 0 aromatic heterocycles. The SMILES string of the molecule is Brc1ccc(OC2CCC2)c(CN2CCNCC2)c1. The molecule has 1 aromatic carbocycles. The van der Waals surface area contributed by atoms with Crippen LogP contribution in [0.5, 0.6) is 5.75 Å². The smallest absolute Gasteiger partial charge is 0.124 e. The second kappa shape index (κ2) is 6.25. The lowest BCUT2D eigenvalue weighted by Gasteiger charge is -2.30. The Morgan fingerprint density at radius 1 is 1.26 bits per heavy atom. The van der Waals surface area contributed by atoms with Gasteiger partial charge in [-0.15, -0.1) is 0 Å². The molecule has 3 rings (SSSR count). The van der Waals surface area contributed by atoms with E-state index in [0.717, 1.165) is 42.9 Å². The van der Waals surface area contributed by atoms with Crippen LogP contribution in [-0.4, -0.2) is 37.2 Å². The maximum Gasteiger partial charge on any atom is 0.124 e. The van der Waals surface area contributed by atoms with Crippen LogP contribution in [0.15, 0.2) is 22.7 Å². The highest BCUT2D eigenvalue weighted by atomic mass is 79.9. The molecular formula is C15H21BrN2O. The molecule has 104 valence electrons. The zero-order chi connectivity index (χ0) is 13.1. The van der Waals surface area contributed by atoms with Crippen LogP contribution in [0.1, 0.15) is 24.8 Å². The summed E-state index contributed by atoms with van der Waals surface area (Å²) in [6, 6.07) is 6.39. The van der Waals surface area contributed by atoms with Crippen molar-refractivity contribution in [3.05, 3.63) is 28.2 Å². The van der Waals surface area contributed by atoms with E-state index in [-0.39, 0.29) is 0 Å². The van der Waals surface area contributed by atoms with E-state index in [1.54, 1.807) is 0 Å². The van der Waals surface area contributed by atoms with Gasteiger partial charge in [-0.25, -0.2) is 0 Å². The van der Waals surface area contributed by atoms with Gasteiger partial charge in [0.05, 0.1) is 6.10 Å². The first-order chi connectivity index (χ1) is 9.31. The fraction of sp³-hybridized carbons (Fsp3) is 0.600. The Labute approximate surface area is 123 Å². The van der Waals surface area contributed by atoms with Crippen molar-refractivity contribution >= 4 is 15.9 Å². The Balaban J connectivity index is 1.71. The number of hydrogen-bond donors (Lipinski definition) is 1. The van der Waals surface area contributed by atoms with Crippen LogP contribution in [0.4, 0.5) is 0 Å². The molecule has 1 saturated heterocycles. The molecule has 0 atom stereocenters. The van der Waals surface area contributed by atoms with Gasteiger partial charge in [0, 0.05) is 42.8 Å². The molecular weight excluding hydrogens is 304 g/mol. The monoisotopic (exact) mass is 324 g/mol. The number of nitrogens with one attached hydrogen (secondary N) is 1. The van der Waals surface area contributed by atoms with E-state index in [1.165, 1.54) is 24.8 Å². The van der Waals surface area contributed by atoms with Crippen LogP contribution >= 0.6 is 15.9 Å². The topological polar surface area (TPSA) is 24.5 Å². The molecule has 0 spiro atoms. The summed E-state index contributed by atoms with van der Waals surface area (Å²) in [6.07, 6.45) is 4.18. The summed E-state index contributed by atoms with van der Waals surface area (Å²) in [5.41, 5.74) is 1.31. The lowest BCUT2D eigenvalue weighted by atomic mass is 9.96. The van der Waals surface area contributed by atoms with Crippen LogP contribution in [0, 0.1) is 0 Å². The maximum absolute atomic E-state index is 6.11. The third-order valence-corrected chi connectivity index (χ3v) is 4.47. The minimum absolute atomic E-state index is 0.447. The Morgan fingerprint density at radius 3 is 2.74 bits per heavy atom. The normalized spacial score (nSPS) is 21.1. The summed E-state index contributed by atoms with van der Waals surface area (Å²) < 4.78 is 7.25. The van der Waals surface area contributed by atoms with Gasteiger partial charge >= 0.3 is 0 Å². The second-order valence-corrected chi connectivity index (χ2v) is 6.36. The zero-order valence-corrected chi connectivity index (χ0v) is 12.8. The Hall–Kier alpha value is -0.580. The molecule has 0 amide bonds. The van der Waals surface area contributed by atoms with Crippen molar-refractivity contribution in [2.45, 2.75) is 31.9 Å². The molecule has 1 N–H and O–H groups in total.